The number of nitrogens with zero attached hydrogens (tertiary/aromatic N) is 1. The fraction of sp³-hybridized carbons (Fsp3) is 0.235. The summed E-state index contributed by atoms with van der Waals surface area (Å²) in [4.78, 5) is 21.2. The van der Waals surface area contributed by atoms with Gasteiger partial charge in [0.25, 0.3) is 5.69 Å². The van der Waals surface area contributed by atoms with Crippen molar-refractivity contribution in [3.8, 4) is 11.5 Å². The Morgan fingerprint density at radius 3 is 2.41 bits per heavy atom. The minimum absolute atomic E-state index is 0.137. The van der Waals surface area contributed by atoms with Gasteiger partial charge in [-0.05, 0) is 36.1 Å². The summed E-state index contributed by atoms with van der Waals surface area (Å²) in [5.41, 5.74) is 1.23. The van der Waals surface area contributed by atoms with Gasteiger partial charge in [0.05, 0.1) is 10.5 Å². The minimum Gasteiger partial charge on any atom is -0.457 e. The Hall–Kier alpha value is -2.69. The second-order valence-electron chi connectivity index (χ2n) is 5.44. The van der Waals surface area contributed by atoms with E-state index in [4.69, 9.17) is 4.74 Å². The van der Waals surface area contributed by atoms with Gasteiger partial charge in [-0.25, -0.2) is 0 Å². The first-order valence-electron chi connectivity index (χ1n) is 7.00. The van der Waals surface area contributed by atoms with Gasteiger partial charge in [-0.1, -0.05) is 26.0 Å². The van der Waals surface area contributed by atoms with Crippen molar-refractivity contribution >= 4 is 12.0 Å². The normalized spacial score (nSPS) is 10.5. The van der Waals surface area contributed by atoms with Gasteiger partial charge in [0.2, 0.25) is 0 Å². The molecular formula is C17H17NO4. The van der Waals surface area contributed by atoms with Gasteiger partial charge < -0.3 is 4.74 Å². The highest BCUT2D eigenvalue weighted by Gasteiger charge is 2.12. The topological polar surface area (TPSA) is 69.4 Å². The molecule has 0 fully saturated rings. The first-order chi connectivity index (χ1) is 10.5. The van der Waals surface area contributed by atoms with Crippen LogP contribution in [0.2, 0.25) is 0 Å². The summed E-state index contributed by atoms with van der Waals surface area (Å²) in [5, 5.41) is 10.7. The van der Waals surface area contributed by atoms with Crippen LogP contribution < -0.4 is 4.74 Å². The molecule has 0 aliphatic rings. The van der Waals surface area contributed by atoms with Crippen LogP contribution in [0.1, 0.15) is 29.8 Å². The van der Waals surface area contributed by atoms with Crippen molar-refractivity contribution in [3.63, 3.8) is 0 Å². The highest BCUT2D eigenvalue weighted by molar-refractivity contribution is 5.80. The van der Waals surface area contributed by atoms with Crippen molar-refractivity contribution in [2.24, 2.45) is 5.92 Å². The third-order valence-electron chi connectivity index (χ3n) is 3.13. The predicted molar refractivity (Wildman–Crippen MR) is 83.5 cm³/mol. The molecule has 0 bridgehead atoms. The third kappa shape index (κ3) is 3.91. The molecule has 0 aromatic heterocycles. The van der Waals surface area contributed by atoms with E-state index in [9.17, 15) is 14.9 Å². The van der Waals surface area contributed by atoms with Crippen molar-refractivity contribution in [1.29, 1.82) is 0 Å². The molecule has 2 rings (SSSR count). The van der Waals surface area contributed by atoms with Crippen molar-refractivity contribution in [3.05, 3.63) is 63.7 Å². The maximum absolute atomic E-state index is 11.1. The largest absolute Gasteiger partial charge is 0.457 e. The molecule has 22 heavy (non-hydrogen) atoms. The first-order valence-corrected chi connectivity index (χ1v) is 7.00. The van der Waals surface area contributed by atoms with Crippen LogP contribution in [-0.4, -0.2) is 11.2 Å². The lowest BCUT2D eigenvalue weighted by molar-refractivity contribution is -0.384. The van der Waals surface area contributed by atoms with Crippen molar-refractivity contribution in [1.82, 2.24) is 0 Å². The molecular weight excluding hydrogens is 282 g/mol. The van der Waals surface area contributed by atoms with E-state index in [1.807, 2.05) is 24.3 Å². The van der Waals surface area contributed by atoms with Crippen LogP contribution in [0.5, 0.6) is 11.5 Å². The molecule has 0 aliphatic heterocycles. The SMILES string of the molecule is CC(C)Cc1ccc(Oc2ccc([N+](=O)[O-])cc2C=O)cc1. The van der Waals surface area contributed by atoms with Gasteiger partial charge in [0, 0.05) is 12.1 Å². The van der Waals surface area contributed by atoms with Crippen molar-refractivity contribution in [2.75, 3.05) is 0 Å². The van der Waals surface area contributed by atoms with Gasteiger partial charge in [-0.2, -0.15) is 0 Å². The third-order valence-corrected chi connectivity index (χ3v) is 3.13. The lowest BCUT2D eigenvalue weighted by Crippen LogP contribution is -1.95. The Bertz CT molecular complexity index is 678. The summed E-state index contributed by atoms with van der Waals surface area (Å²) in [6, 6.07) is 11.6. The Morgan fingerprint density at radius 1 is 1.18 bits per heavy atom. The van der Waals surface area contributed by atoms with E-state index in [0.717, 1.165) is 6.42 Å². The summed E-state index contributed by atoms with van der Waals surface area (Å²) in [6.07, 6.45) is 1.53. The molecule has 0 unspecified atom stereocenters. The van der Waals surface area contributed by atoms with Crippen LogP contribution in [0.15, 0.2) is 42.5 Å². The van der Waals surface area contributed by atoms with E-state index >= 15 is 0 Å². The number of hydrogen-bond acceptors (Lipinski definition) is 4. The lowest BCUT2D eigenvalue weighted by atomic mass is 10.0. The van der Waals surface area contributed by atoms with Gasteiger partial charge in [0.1, 0.15) is 11.5 Å². The molecule has 2 aromatic carbocycles. The van der Waals surface area contributed by atoms with Crippen molar-refractivity contribution < 1.29 is 14.5 Å². The molecule has 0 saturated heterocycles. The molecule has 0 aliphatic carbocycles. The van der Waals surface area contributed by atoms with E-state index in [1.54, 1.807) is 0 Å². The second kappa shape index (κ2) is 6.85. The van der Waals surface area contributed by atoms with Crippen LogP contribution in [-0.2, 0) is 6.42 Å². The number of carbonyl (C=O) groups excluding carboxylic acids is 1. The maximum Gasteiger partial charge on any atom is 0.270 e. The fourth-order valence-electron chi connectivity index (χ4n) is 2.13. The molecule has 0 spiro atoms. The average Bonchev–Trinajstić information content (AvgIpc) is 2.49. The van der Waals surface area contributed by atoms with Crippen LogP contribution >= 0.6 is 0 Å². The Morgan fingerprint density at radius 2 is 1.86 bits per heavy atom. The molecule has 0 N–H and O–H groups in total. The summed E-state index contributed by atoms with van der Waals surface area (Å²) in [5.74, 6) is 1.46. The number of benzene rings is 2. The number of nitro benzene ring substituents is 1. The molecule has 114 valence electrons. The van der Waals surface area contributed by atoms with E-state index in [-0.39, 0.29) is 11.3 Å². The lowest BCUT2D eigenvalue weighted by Gasteiger charge is -2.09. The number of aldehydes is 1. The van der Waals surface area contributed by atoms with Crippen LogP contribution in [0.25, 0.3) is 0 Å². The van der Waals surface area contributed by atoms with Crippen LogP contribution in [0.3, 0.4) is 0 Å². The van der Waals surface area contributed by atoms with Crippen LogP contribution in [0, 0.1) is 16.0 Å². The summed E-state index contributed by atoms with van der Waals surface area (Å²) in [6.45, 7) is 4.30. The molecule has 5 nitrogen and oxygen atoms in total. The number of carbonyl (C=O) groups is 1. The predicted octanol–water partition coefficient (Wildman–Crippen LogP) is 4.40. The zero-order valence-corrected chi connectivity index (χ0v) is 12.5. The summed E-state index contributed by atoms with van der Waals surface area (Å²) >= 11 is 0. The van der Waals surface area contributed by atoms with Gasteiger partial charge >= 0.3 is 0 Å². The van der Waals surface area contributed by atoms with E-state index in [1.165, 1.54) is 23.8 Å². The Labute approximate surface area is 128 Å². The molecule has 2 aromatic rings. The highest BCUT2D eigenvalue weighted by atomic mass is 16.6. The van der Waals surface area contributed by atoms with Crippen molar-refractivity contribution in [2.45, 2.75) is 20.3 Å². The number of ether oxygens (including phenoxy) is 1. The van der Waals surface area contributed by atoms with E-state index in [2.05, 4.69) is 13.8 Å². The summed E-state index contributed by atoms with van der Waals surface area (Å²) in [7, 11) is 0. The fourth-order valence-corrected chi connectivity index (χ4v) is 2.13. The Kier molecular flexibility index (Phi) is 4.88. The van der Waals surface area contributed by atoms with Gasteiger partial charge in [-0.3, -0.25) is 14.9 Å². The molecule has 0 amide bonds. The molecule has 0 saturated carbocycles. The van der Waals surface area contributed by atoms with Crippen LogP contribution in [0.4, 0.5) is 5.69 Å². The zero-order valence-electron chi connectivity index (χ0n) is 12.5. The average molecular weight is 299 g/mol. The van der Waals surface area contributed by atoms with E-state index < -0.39 is 4.92 Å². The number of rotatable bonds is 6. The second-order valence-corrected chi connectivity index (χ2v) is 5.44. The monoisotopic (exact) mass is 299 g/mol. The minimum atomic E-state index is -0.544. The maximum atomic E-state index is 11.1. The zero-order chi connectivity index (χ0) is 16.1. The quantitative estimate of drug-likeness (QED) is 0.450. The van der Waals surface area contributed by atoms with Gasteiger partial charge in [-0.15, -0.1) is 0 Å². The highest BCUT2D eigenvalue weighted by Crippen LogP contribution is 2.28. The molecule has 0 atom stereocenters. The smallest absolute Gasteiger partial charge is 0.270 e. The first kappa shape index (κ1) is 15.7. The number of non-ortho nitro benzene ring substituents is 1. The molecule has 5 heteroatoms. The van der Waals surface area contributed by atoms with E-state index in [0.29, 0.717) is 23.7 Å². The number of nitro groups is 1. The molecule has 0 radical (unpaired) electrons. The number of hydrogen-bond donors (Lipinski definition) is 0. The Balaban J connectivity index is 2.19. The standard InChI is InChI=1S/C17H17NO4/c1-12(2)9-13-3-6-16(7-4-13)22-17-8-5-15(18(20)21)10-14(17)11-19/h3-8,10-12H,9H2,1-2H3. The summed E-state index contributed by atoms with van der Waals surface area (Å²) < 4.78 is 5.64. The van der Waals surface area contributed by atoms with Gasteiger partial charge in [0.15, 0.2) is 6.29 Å². The molecule has 0 heterocycles.